The molecule has 2 aliphatic rings. The van der Waals surface area contributed by atoms with E-state index in [1.54, 1.807) is 18.2 Å². The van der Waals surface area contributed by atoms with Gasteiger partial charge in [0.2, 0.25) is 10.0 Å². The maximum atomic E-state index is 12.4. The molecular weight excluding hydrogens is 376 g/mol. The largest absolute Gasteiger partial charge is 0.468 e. The number of rotatable bonds is 6. The molecule has 2 atom stereocenters. The minimum atomic E-state index is -3.47. The highest BCUT2D eigenvalue weighted by Gasteiger charge is 2.40. The van der Waals surface area contributed by atoms with Crippen molar-refractivity contribution in [1.82, 2.24) is 9.21 Å². The van der Waals surface area contributed by atoms with Crippen molar-refractivity contribution in [2.75, 3.05) is 27.7 Å². The molecule has 0 amide bonds. The van der Waals surface area contributed by atoms with Crippen LogP contribution in [-0.4, -0.2) is 57.4 Å². The Labute approximate surface area is 168 Å². The first-order valence-electron chi connectivity index (χ1n) is 10.2. The number of benzene rings is 1. The highest BCUT2D eigenvalue weighted by Crippen LogP contribution is 2.38. The molecular formula is C21H32N2O4S. The molecule has 0 radical (unpaired) electrons. The van der Waals surface area contributed by atoms with Crippen LogP contribution in [0.5, 0.6) is 0 Å². The monoisotopic (exact) mass is 408 g/mol. The van der Waals surface area contributed by atoms with Gasteiger partial charge < -0.3 is 4.74 Å². The molecule has 0 bridgehead atoms. The molecule has 1 heterocycles. The molecule has 3 rings (SSSR count). The van der Waals surface area contributed by atoms with Crippen molar-refractivity contribution in [3.8, 4) is 0 Å². The van der Waals surface area contributed by atoms with E-state index < -0.39 is 10.0 Å². The molecule has 6 nitrogen and oxygen atoms in total. The Morgan fingerprint density at radius 1 is 1.18 bits per heavy atom. The minimum Gasteiger partial charge on any atom is -0.468 e. The van der Waals surface area contributed by atoms with Gasteiger partial charge in [0.25, 0.3) is 0 Å². The van der Waals surface area contributed by atoms with E-state index in [0.29, 0.717) is 18.4 Å². The topological polar surface area (TPSA) is 66.9 Å². The number of likely N-dealkylation sites (tertiary alicyclic amines) is 1. The molecule has 2 unspecified atom stereocenters. The smallest absolute Gasteiger partial charge is 0.323 e. The van der Waals surface area contributed by atoms with E-state index in [1.807, 2.05) is 6.07 Å². The molecule has 1 saturated carbocycles. The van der Waals surface area contributed by atoms with E-state index in [9.17, 15) is 13.2 Å². The predicted molar refractivity (Wildman–Crippen MR) is 108 cm³/mol. The van der Waals surface area contributed by atoms with Crippen molar-refractivity contribution in [3.05, 3.63) is 29.8 Å². The van der Waals surface area contributed by atoms with Gasteiger partial charge in [-0.1, -0.05) is 44.2 Å². The van der Waals surface area contributed by atoms with Crippen molar-refractivity contribution < 1.29 is 17.9 Å². The average molecular weight is 409 g/mol. The summed E-state index contributed by atoms with van der Waals surface area (Å²) >= 11 is 0. The Morgan fingerprint density at radius 2 is 1.89 bits per heavy atom. The van der Waals surface area contributed by atoms with Gasteiger partial charge in [0.05, 0.1) is 12.0 Å². The molecule has 7 heteroatoms. The molecule has 1 saturated heterocycles. The van der Waals surface area contributed by atoms with E-state index in [1.165, 1.54) is 57.6 Å². The summed E-state index contributed by atoms with van der Waals surface area (Å²) in [7, 11) is 1.04. The molecule has 0 spiro atoms. The molecule has 2 fully saturated rings. The van der Waals surface area contributed by atoms with Crippen molar-refractivity contribution in [2.45, 2.75) is 56.0 Å². The highest BCUT2D eigenvalue weighted by molar-refractivity contribution is 7.89. The normalized spacial score (nSPS) is 24.6. The zero-order valence-electron chi connectivity index (χ0n) is 17.1. The summed E-state index contributed by atoms with van der Waals surface area (Å²) in [6, 6.07) is 6.79. The van der Waals surface area contributed by atoms with Crippen LogP contribution in [-0.2, 0) is 26.1 Å². The first-order valence-corrected chi connectivity index (χ1v) is 11.6. The van der Waals surface area contributed by atoms with Gasteiger partial charge in [0, 0.05) is 27.2 Å². The number of nitrogens with zero attached hydrogens (tertiary/aromatic N) is 2. The summed E-state index contributed by atoms with van der Waals surface area (Å²) in [5, 5.41) is 0. The quantitative estimate of drug-likeness (QED) is 0.677. The number of hydrogen-bond acceptors (Lipinski definition) is 5. The lowest BCUT2D eigenvalue weighted by Crippen LogP contribution is -2.36. The maximum Gasteiger partial charge on any atom is 0.323 e. The Hall–Kier alpha value is -1.44. The van der Waals surface area contributed by atoms with E-state index in [4.69, 9.17) is 4.74 Å². The number of carbonyl (C=O) groups excluding carboxylic acids is 1. The summed E-state index contributed by atoms with van der Waals surface area (Å²) in [6.45, 7) is 1.43. The fraction of sp³-hybridized carbons (Fsp3) is 0.667. The fourth-order valence-corrected chi connectivity index (χ4v) is 5.66. The summed E-state index contributed by atoms with van der Waals surface area (Å²) in [5.41, 5.74) is 0.904. The van der Waals surface area contributed by atoms with Crippen LogP contribution in [0, 0.1) is 11.8 Å². The van der Waals surface area contributed by atoms with Crippen LogP contribution in [0.3, 0.4) is 0 Å². The fourth-order valence-electron chi connectivity index (χ4n) is 4.69. The second kappa shape index (κ2) is 8.93. The van der Waals surface area contributed by atoms with Crippen molar-refractivity contribution >= 4 is 16.0 Å². The minimum absolute atomic E-state index is 0.185. The summed E-state index contributed by atoms with van der Waals surface area (Å²) in [5.74, 6) is 1.01. The standard InChI is InChI=1S/C21H32N2O4S/c1-22(2)28(25,26)19-11-7-8-16(12-19)14-23-15-18(13-20(23)21(24)27-3)17-9-5-4-6-10-17/h7-8,11-12,17-18,20H,4-6,9-10,13-15H2,1-3H3. The van der Waals surface area contributed by atoms with Gasteiger partial charge in [-0.2, -0.15) is 0 Å². The molecule has 28 heavy (non-hydrogen) atoms. The van der Waals surface area contributed by atoms with Crippen LogP contribution in [0.25, 0.3) is 0 Å². The molecule has 1 aromatic carbocycles. The molecule has 0 N–H and O–H groups in total. The average Bonchev–Trinajstić information content (AvgIpc) is 3.12. The summed E-state index contributed by atoms with van der Waals surface area (Å²) in [4.78, 5) is 14.9. The van der Waals surface area contributed by atoms with Gasteiger partial charge in [-0.15, -0.1) is 0 Å². The van der Waals surface area contributed by atoms with Gasteiger partial charge in [-0.3, -0.25) is 9.69 Å². The predicted octanol–water partition coefficient (Wildman–Crippen LogP) is 2.88. The maximum absolute atomic E-state index is 12.4. The van der Waals surface area contributed by atoms with Crippen molar-refractivity contribution in [1.29, 1.82) is 0 Å². The third-order valence-corrected chi connectivity index (χ3v) is 8.10. The van der Waals surface area contributed by atoms with Gasteiger partial charge in [-0.25, -0.2) is 12.7 Å². The zero-order valence-corrected chi connectivity index (χ0v) is 18.0. The van der Waals surface area contributed by atoms with Gasteiger partial charge in [0.1, 0.15) is 6.04 Å². The number of hydrogen-bond donors (Lipinski definition) is 0. The lowest BCUT2D eigenvalue weighted by atomic mass is 9.79. The van der Waals surface area contributed by atoms with Crippen LogP contribution in [0.15, 0.2) is 29.2 Å². The lowest BCUT2D eigenvalue weighted by Gasteiger charge is -2.27. The Balaban J connectivity index is 1.78. The summed E-state index contributed by atoms with van der Waals surface area (Å²) < 4.78 is 31.2. The van der Waals surface area contributed by atoms with Crippen LogP contribution in [0.2, 0.25) is 0 Å². The van der Waals surface area contributed by atoms with Crippen LogP contribution in [0.1, 0.15) is 44.1 Å². The molecule has 0 aromatic heterocycles. The Morgan fingerprint density at radius 3 is 2.54 bits per heavy atom. The van der Waals surface area contributed by atoms with E-state index in [-0.39, 0.29) is 16.9 Å². The zero-order chi connectivity index (χ0) is 20.3. The molecule has 1 aromatic rings. The number of esters is 1. The second-order valence-corrected chi connectivity index (χ2v) is 10.4. The number of methoxy groups -OCH3 is 1. The van der Waals surface area contributed by atoms with Crippen LogP contribution >= 0.6 is 0 Å². The van der Waals surface area contributed by atoms with Gasteiger partial charge in [-0.05, 0) is 36.0 Å². The molecule has 1 aliphatic heterocycles. The van der Waals surface area contributed by atoms with E-state index >= 15 is 0 Å². The van der Waals surface area contributed by atoms with E-state index in [2.05, 4.69) is 4.90 Å². The SMILES string of the molecule is COC(=O)C1CC(C2CCCCC2)CN1Cc1cccc(S(=O)(=O)N(C)C)c1. The third kappa shape index (κ3) is 4.58. The Kier molecular flexibility index (Phi) is 6.78. The third-order valence-electron chi connectivity index (χ3n) is 6.29. The molecule has 156 valence electrons. The summed E-state index contributed by atoms with van der Waals surface area (Å²) in [6.07, 6.45) is 7.24. The van der Waals surface area contributed by atoms with Crippen LogP contribution < -0.4 is 0 Å². The number of ether oxygens (including phenoxy) is 1. The highest BCUT2D eigenvalue weighted by atomic mass is 32.2. The lowest BCUT2D eigenvalue weighted by molar-refractivity contribution is -0.146. The van der Waals surface area contributed by atoms with E-state index in [0.717, 1.165) is 18.5 Å². The van der Waals surface area contributed by atoms with Crippen molar-refractivity contribution in [3.63, 3.8) is 0 Å². The van der Waals surface area contributed by atoms with Crippen LogP contribution in [0.4, 0.5) is 0 Å². The van der Waals surface area contributed by atoms with Gasteiger partial charge in [0.15, 0.2) is 0 Å². The Bertz CT molecular complexity index is 787. The number of sulfonamides is 1. The number of carbonyl (C=O) groups is 1. The van der Waals surface area contributed by atoms with Crippen molar-refractivity contribution in [2.24, 2.45) is 11.8 Å². The van der Waals surface area contributed by atoms with Gasteiger partial charge >= 0.3 is 5.97 Å². The first-order chi connectivity index (χ1) is 13.3. The molecule has 1 aliphatic carbocycles. The second-order valence-electron chi connectivity index (χ2n) is 8.30. The first kappa shape index (κ1) is 21.3.